The van der Waals surface area contributed by atoms with Gasteiger partial charge in [0.15, 0.2) is 6.10 Å². The molecule has 2 unspecified atom stereocenters. The molecular weight excluding hydrogens is 268 g/mol. The SMILES string of the molecule is CCN(CCCC(O)C(=O)O)C1CCCc2cccnc21. The molecule has 1 heterocycles. The molecule has 2 N–H and O–H groups in total. The molecule has 0 spiro atoms. The number of aromatic nitrogens is 1. The summed E-state index contributed by atoms with van der Waals surface area (Å²) in [7, 11) is 0. The van der Waals surface area contributed by atoms with Crippen LogP contribution < -0.4 is 0 Å². The van der Waals surface area contributed by atoms with Crippen LogP contribution in [0, 0.1) is 0 Å². The van der Waals surface area contributed by atoms with Gasteiger partial charge >= 0.3 is 5.97 Å². The van der Waals surface area contributed by atoms with Gasteiger partial charge in [0, 0.05) is 6.20 Å². The first-order chi connectivity index (χ1) is 10.1. The number of carboxylic acids is 1. The molecule has 0 saturated carbocycles. The van der Waals surface area contributed by atoms with E-state index in [0.717, 1.165) is 32.4 Å². The molecule has 0 fully saturated rings. The quantitative estimate of drug-likeness (QED) is 0.804. The van der Waals surface area contributed by atoms with Gasteiger partial charge in [-0.25, -0.2) is 4.79 Å². The summed E-state index contributed by atoms with van der Waals surface area (Å²) in [6.45, 7) is 3.82. The molecule has 5 heteroatoms. The lowest BCUT2D eigenvalue weighted by molar-refractivity contribution is -0.147. The van der Waals surface area contributed by atoms with Gasteiger partial charge in [0.05, 0.1) is 11.7 Å². The topological polar surface area (TPSA) is 73.7 Å². The number of aliphatic hydroxyl groups excluding tert-OH is 1. The van der Waals surface area contributed by atoms with E-state index >= 15 is 0 Å². The largest absolute Gasteiger partial charge is 0.479 e. The average Bonchev–Trinajstić information content (AvgIpc) is 2.51. The summed E-state index contributed by atoms with van der Waals surface area (Å²) in [6.07, 6.45) is 4.93. The number of fused-ring (bicyclic) bond motifs is 1. The van der Waals surface area contributed by atoms with Crippen LogP contribution in [-0.4, -0.2) is 45.3 Å². The number of hydrogen-bond donors (Lipinski definition) is 2. The van der Waals surface area contributed by atoms with Crippen molar-refractivity contribution in [3.8, 4) is 0 Å². The zero-order valence-electron chi connectivity index (χ0n) is 12.5. The summed E-state index contributed by atoms with van der Waals surface area (Å²) in [6, 6.07) is 4.46. The summed E-state index contributed by atoms with van der Waals surface area (Å²) in [5.41, 5.74) is 2.50. The molecule has 116 valence electrons. The minimum atomic E-state index is -1.25. The lowest BCUT2D eigenvalue weighted by atomic mass is 9.90. The third-order valence-corrected chi connectivity index (χ3v) is 4.22. The number of hydrogen-bond acceptors (Lipinski definition) is 4. The highest BCUT2D eigenvalue weighted by Gasteiger charge is 2.26. The van der Waals surface area contributed by atoms with Crippen LogP contribution in [0.25, 0.3) is 0 Å². The molecule has 0 bridgehead atoms. The molecule has 0 aliphatic heterocycles. The monoisotopic (exact) mass is 292 g/mol. The minimum Gasteiger partial charge on any atom is -0.479 e. The van der Waals surface area contributed by atoms with Gasteiger partial charge in [-0.15, -0.1) is 0 Å². The van der Waals surface area contributed by atoms with E-state index in [2.05, 4.69) is 22.9 Å². The number of nitrogens with zero attached hydrogens (tertiary/aromatic N) is 2. The van der Waals surface area contributed by atoms with E-state index in [9.17, 15) is 9.90 Å². The number of aryl methyl sites for hydroxylation is 1. The Kier molecular flexibility index (Phi) is 5.70. The number of carboxylic acid groups (broad SMARTS) is 1. The predicted octanol–water partition coefficient (Wildman–Crippen LogP) is 2.01. The molecule has 1 aliphatic rings. The predicted molar refractivity (Wildman–Crippen MR) is 80.0 cm³/mol. The van der Waals surface area contributed by atoms with Crippen molar-refractivity contribution in [2.75, 3.05) is 13.1 Å². The lowest BCUT2D eigenvalue weighted by Crippen LogP contribution is -2.33. The van der Waals surface area contributed by atoms with Crippen LogP contribution >= 0.6 is 0 Å². The van der Waals surface area contributed by atoms with Crippen LogP contribution in [0.4, 0.5) is 0 Å². The number of aliphatic hydroxyl groups is 1. The summed E-state index contributed by atoms with van der Waals surface area (Å²) < 4.78 is 0. The highest BCUT2D eigenvalue weighted by molar-refractivity contribution is 5.71. The first kappa shape index (κ1) is 15.9. The second-order valence-corrected chi connectivity index (χ2v) is 5.58. The van der Waals surface area contributed by atoms with Crippen molar-refractivity contribution < 1.29 is 15.0 Å². The number of pyridine rings is 1. The number of aliphatic carboxylic acids is 1. The first-order valence-electron chi connectivity index (χ1n) is 7.72. The van der Waals surface area contributed by atoms with Crippen LogP contribution in [0.1, 0.15) is 49.9 Å². The van der Waals surface area contributed by atoms with Gasteiger partial charge in [0.1, 0.15) is 0 Å². The second-order valence-electron chi connectivity index (χ2n) is 5.58. The molecule has 0 radical (unpaired) electrons. The molecule has 5 nitrogen and oxygen atoms in total. The maximum Gasteiger partial charge on any atom is 0.332 e. The summed E-state index contributed by atoms with van der Waals surface area (Å²) in [5.74, 6) is -1.14. The van der Waals surface area contributed by atoms with Crippen LogP contribution in [0.2, 0.25) is 0 Å². The maximum atomic E-state index is 10.6. The Morgan fingerprint density at radius 2 is 2.38 bits per heavy atom. The highest BCUT2D eigenvalue weighted by Crippen LogP contribution is 2.32. The van der Waals surface area contributed by atoms with Gasteiger partial charge < -0.3 is 10.2 Å². The molecule has 0 amide bonds. The van der Waals surface area contributed by atoms with E-state index in [0.29, 0.717) is 18.9 Å². The molecule has 1 aromatic heterocycles. The Hall–Kier alpha value is -1.46. The van der Waals surface area contributed by atoms with E-state index in [4.69, 9.17) is 5.11 Å². The van der Waals surface area contributed by atoms with Gasteiger partial charge in [-0.3, -0.25) is 9.88 Å². The van der Waals surface area contributed by atoms with Gasteiger partial charge in [0.2, 0.25) is 0 Å². The number of rotatable bonds is 7. The van der Waals surface area contributed by atoms with Crippen molar-refractivity contribution in [2.45, 2.75) is 51.2 Å². The van der Waals surface area contributed by atoms with Gasteiger partial charge in [0.25, 0.3) is 0 Å². The first-order valence-corrected chi connectivity index (χ1v) is 7.72. The Balaban J connectivity index is 1.97. The van der Waals surface area contributed by atoms with Crippen LogP contribution in [0.15, 0.2) is 18.3 Å². The molecule has 21 heavy (non-hydrogen) atoms. The standard InChI is InChI=1S/C16H24N2O3/c1-2-18(11-5-9-14(19)16(20)21)13-8-3-6-12-7-4-10-17-15(12)13/h4,7,10,13-14,19H,2-3,5-6,8-9,11H2,1H3,(H,20,21). The summed E-state index contributed by atoms with van der Waals surface area (Å²) >= 11 is 0. The Morgan fingerprint density at radius 3 is 3.10 bits per heavy atom. The van der Waals surface area contributed by atoms with E-state index in [-0.39, 0.29) is 0 Å². The summed E-state index contributed by atoms with van der Waals surface area (Å²) in [5, 5.41) is 18.1. The van der Waals surface area contributed by atoms with Crippen LogP contribution in [0.5, 0.6) is 0 Å². The lowest BCUT2D eigenvalue weighted by Gasteiger charge is -2.34. The fourth-order valence-corrected chi connectivity index (χ4v) is 3.09. The normalized spacial score (nSPS) is 19.3. The molecule has 1 aliphatic carbocycles. The summed E-state index contributed by atoms with van der Waals surface area (Å²) in [4.78, 5) is 17.5. The van der Waals surface area contributed by atoms with Crippen molar-refractivity contribution in [2.24, 2.45) is 0 Å². The molecule has 2 rings (SSSR count). The Bertz CT molecular complexity index is 478. The Labute approximate surface area is 125 Å². The van der Waals surface area contributed by atoms with Crippen molar-refractivity contribution in [3.63, 3.8) is 0 Å². The van der Waals surface area contributed by atoms with Crippen LogP contribution in [-0.2, 0) is 11.2 Å². The molecule has 0 aromatic carbocycles. The van der Waals surface area contributed by atoms with Crippen LogP contribution in [0.3, 0.4) is 0 Å². The minimum absolute atomic E-state index is 0.299. The third-order valence-electron chi connectivity index (χ3n) is 4.22. The third kappa shape index (κ3) is 4.02. The fraction of sp³-hybridized carbons (Fsp3) is 0.625. The van der Waals surface area contributed by atoms with Gasteiger partial charge in [-0.2, -0.15) is 0 Å². The molecule has 1 aromatic rings. The highest BCUT2D eigenvalue weighted by atomic mass is 16.4. The van der Waals surface area contributed by atoms with Gasteiger partial charge in [-0.05, 0) is 56.8 Å². The zero-order valence-corrected chi connectivity index (χ0v) is 12.5. The maximum absolute atomic E-state index is 10.6. The van der Waals surface area contributed by atoms with Gasteiger partial charge in [-0.1, -0.05) is 13.0 Å². The molecule has 2 atom stereocenters. The smallest absolute Gasteiger partial charge is 0.332 e. The van der Waals surface area contributed by atoms with E-state index in [1.54, 1.807) is 0 Å². The van der Waals surface area contributed by atoms with Crippen molar-refractivity contribution in [3.05, 3.63) is 29.6 Å². The second kappa shape index (κ2) is 7.52. The fourth-order valence-electron chi connectivity index (χ4n) is 3.09. The van der Waals surface area contributed by atoms with Crippen molar-refractivity contribution >= 4 is 5.97 Å². The van der Waals surface area contributed by atoms with Crippen molar-refractivity contribution in [1.29, 1.82) is 0 Å². The average molecular weight is 292 g/mol. The Morgan fingerprint density at radius 1 is 1.57 bits per heavy atom. The van der Waals surface area contributed by atoms with E-state index in [1.807, 2.05) is 12.3 Å². The zero-order chi connectivity index (χ0) is 15.2. The number of carbonyl (C=O) groups is 1. The van der Waals surface area contributed by atoms with Crippen molar-refractivity contribution in [1.82, 2.24) is 9.88 Å². The van der Waals surface area contributed by atoms with E-state index in [1.165, 1.54) is 11.3 Å². The molecule has 0 saturated heterocycles. The molecular formula is C16H24N2O3. The van der Waals surface area contributed by atoms with E-state index < -0.39 is 12.1 Å².